The number of hydrogen-bond acceptors (Lipinski definition) is 2. The van der Waals surface area contributed by atoms with Gasteiger partial charge in [-0.2, -0.15) is 0 Å². The van der Waals surface area contributed by atoms with E-state index in [0.29, 0.717) is 31.4 Å². The Bertz CT molecular complexity index is 532. The molecule has 0 aromatic heterocycles. The van der Waals surface area contributed by atoms with Crippen molar-refractivity contribution in [2.75, 3.05) is 6.54 Å². The number of halogens is 1. The summed E-state index contributed by atoms with van der Waals surface area (Å²) in [5.74, 6) is -1.76. The number of amides is 1. The second-order valence-corrected chi connectivity index (χ2v) is 5.51. The maximum absolute atomic E-state index is 13.5. The molecular weight excluding hydrogens is 273 g/mol. The van der Waals surface area contributed by atoms with Crippen LogP contribution in [-0.2, 0) is 16.0 Å². The van der Waals surface area contributed by atoms with E-state index in [2.05, 4.69) is 0 Å². The molecule has 1 heterocycles. The molecule has 1 amide bonds. The van der Waals surface area contributed by atoms with Crippen LogP contribution >= 0.6 is 0 Å². The van der Waals surface area contributed by atoms with Crippen LogP contribution in [0, 0.1) is 11.7 Å². The molecule has 21 heavy (non-hydrogen) atoms. The van der Waals surface area contributed by atoms with Crippen LogP contribution in [0.3, 0.4) is 0 Å². The van der Waals surface area contributed by atoms with Gasteiger partial charge in [-0.15, -0.1) is 0 Å². The number of piperidine rings is 1. The third-order valence-electron chi connectivity index (χ3n) is 4.19. The maximum atomic E-state index is 13.5. The lowest BCUT2D eigenvalue weighted by molar-refractivity contribution is -0.149. The molecule has 0 aliphatic carbocycles. The zero-order valence-electron chi connectivity index (χ0n) is 12.1. The third kappa shape index (κ3) is 3.60. The first-order valence-corrected chi connectivity index (χ1v) is 7.26. The molecule has 4 nitrogen and oxygen atoms in total. The largest absolute Gasteiger partial charge is 0.481 e. The molecule has 114 valence electrons. The fourth-order valence-corrected chi connectivity index (χ4v) is 2.91. The quantitative estimate of drug-likeness (QED) is 0.927. The van der Waals surface area contributed by atoms with E-state index in [4.69, 9.17) is 5.11 Å². The number of hydrogen-bond donors (Lipinski definition) is 1. The summed E-state index contributed by atoms with van der Waals surface area (Å²) < 4.78 is 13.5. The van der Waals surface area contributed by atoms with Crippen LogP contribution in [0.1, 0.15) is 31.7 Å². The van der Waals surface area contributed by atoms with Crippen LogP contribution < -0.4 is 0 Å². The van der Waals surface area contributed by atoms with Crippen LogP contribution in [-0.4, -0.2) is 34.5 Å². The van der Waals surface area contributed by atoms with Crippen LogP contribution in [0.4, 0.5) is 4.39 Å². The van der Waals surface area contributed by atoms with Crippen molar-refractivity contribution in [1.82, 2.24) is 4.90 Å². The summed E-state index contributed by atoms with van der Waals surface area (Å²) in [7, 11) is 0. The Kier molecular flexibility index (Phi) is 4.94. The average molecular weight is 293 g/mol. The molecule has 0 spiro atoms. The smallest absolute Gasteiger partial charge is 0.308 e. The Hall–Kier alpha value is -1.91. The van der Waals surface area contributed by atoms with Crippen LogP contribution in [0.25, 0.3) is 0 Å². The lowest BCUT2D eigenvalue weighted by atomic mass is 9.90. The third-order valence-corrected chi connectivity index (χ3v) is 4.19. The topological polar surface area (TPSA) is 57.6 Å². The minimum absolute atomic E-state index is 0.100. The van der Waals surface area contributed by atoms with Crippen molar-refractivity contribution in [3.8, 4) is 0 Å². The maximum Gasteiger partial charge on any atom is 0.308 e. The van der Waals surface area contributed by atoms with E-state index in [1.54, 1.807) is 30.0 Å². The molecule has 1 aliphatic rings. The number of nitrogens with zero attached hydrogens (tertiary/aromatic N) is 1. The van der Waals surface area contributed by atoms with Crippen LogP contribution in [0.5, 0.6) is 0 Å². The number of carboxylic acid groups (broad SMARTS) is 1. The van der Waals surface area contributed by atoms with Crippen molar-refractivity contribution in [2.24, 2.45) is 5.92 Å². The van der Waals surface area contributed by atoms with Crippen LogP contribution in [0.15, 0.2) is 24.3 Å². The zero-order valence-corrected chi connectivity index (χ0v) is 12.1. The SMILES string of the molecule is C[C@@H]1[C@H](C(=O)O)CCCN1C(=O)CCc1ccccc1F. The van der Waals surface area contributed by atoms with Crippen molar-refractivity contribution in [3.63, 3.8) is 0 Å². The minimum Gasteiger partial charge on any atom is -0.481 e. The summed E-state index contributed by atoms with van der Waals surface area (Å²) in [4.78, 5) is 25.1. The van der Waals surface area contributed by atoms with Gasteiger partial charge in [-0.1, -0.05) is 18.2 Å². The summed E-state index contributed by atoms with van der Waals surface area (Å²) in [6, 6.07) is 6.11. The number of carbonyl (C=O) groups is 2. The van der Waals surface area contributed by atoms with Gasteiger partial charge in [0, 0.05) is 19.0 Å². The molecular formula is C16H20FNO3. The predicted octanol–water partition coefficient (Wildman–Crippen LogP) is 2.47. The van der Waals surface area contributed by atoms with Crippen LogP contribution in [0.2, 0.25) is 0 Å². The lowest BCUT2D eigenvalue weighted by Gasteiger charge is -2.37. The molecule has 0 radical (unpaired) electrons. The zero-order chi connectivity index (χ0) is 15.4. The number of carboxylic acids is 1. The first kappa shape index (κ1) is 15.5. The van der Waals surface area contributed by atoms with E-state index in [9.17, 15) is 14.0 Å². The van der Waals surface area contributed by atoms with Gasteiger partial charge in [0.1, 0.15) is 5.82 Å². The Morgan fingerprint density at radius 1 is 1.38 bits per heavy atom. The molecule has 5 heteroatoms. The van der Waals surface area contributed by atoms with Gasteiger partial charge in [0.2, 0.25) is 5.91 Å². The molecule has 1 aliphatic heterocycles. The van der Waals surface area contributed by atoms with E-state index in [1.165, 1.54) is 6.07 Å². The Morgan fingerprint density at radius 2 is 2.10 bits per heavy atom. The van der Waals surface area contributed by atoms with E-state index in [1.807, 2.05) is 0 Å². The second-order valence-electron chi connectivity index (χ2n) is 5.51. The highest BCUT2D eigenvalue weighted by Gasteiger charge is 2.34. The number of likely N-dealkylation sites (tertiary alicyclic amines) is 1. The van der Waals surface area contributed by atoms with Crippen molar-refractivity contribution < 1.29 is 19.1 Å². The van der Waals surface area contributed by atoms with E-state index < -0.39 is 11.9 Å². The van der Waals surface area contributed by atoms with Gasteiger partial charge >= 0.3 is 5.97 Å². The summed E-state index contributed by atoms with van der Waals surface area (Å²) >= 11 is 0. The first-order chi connectivity index (χ1) is 10.0. The highest BCUT2D eigenvalue weighted by molar-refractivity contribution is 5.79. The van der Waals surface area contributed by atoms with Gasteiger partial charge in [-0.05, 0) is 37.8 Å². The van der Waals surface area contributed by atoms with Crippen molar-refractivity contribution in [1.29, 1.82) is 0 Å². The Balaban J connectivity index is 1.97. The fraction of sp³-hybridized carbons (Fsp3) is 0.500. The van der Waals surface area contributed by atoms with Crippen molar-refractivity contribution in [3.05, 3.63) is 35.6 Å². The van der Waals surface area contributed by atoms with Gasteiger partial charge < -0.3 is 10.0 Å². The number of benzene rings is 1. The standard InChI is InChI=1S/C16H20FNO3/c1-11-13(16(20)21)6-4-10-18(11)15(19)9-8-12-5-2-3-7-14(12)17/h2-3,5,7,11,13H,4,6,8-10H2,1H3,(H,20,21)/t11-,13-/m1/s1. The van der Waals surface area contributed by atoms with E-state index in [0.717, 1.165) is 0 Å². The predicted molar refractivity (Wildman–Crippen MR) is 76.3 cm³/mol. The minimum atomic E-state index is -0.853. The molecule has 2 atom stereocenters. The molecule has 1 aromatic rings. The molecule has 1 N–H and O–H groups in total. The molecule has 1 fully saturated rings. The Morgan fingerprint density at radius 3 is 2.76 bits per heavy atom. The molecule has 0 saturated carbocycles. The summed E-state index contributed by atoms with van der Waals surface area (Å²) in [6.07, 6.45) is 1.85. The summed E-state index contributed by atoms with van der Waals surface area (Å²) in [5.41, 5.74) is 0.519. The monoisotopic (exact) mass is 293 g/mol. The highest BCUT2D eigenvalue weighted by Crippen LogP contribution is 2.24. The number of carbonyl (C=O) groups excluding carboxylic acids is 1. The summed E-state index contributed by atoms with van der Waals surface area (Å²) in [5, 5.41) is 9.16. The normalized spacial score (nSPS) is 22.1. The van der Waals surface area contributed by atoms with E-state index >= 15 is 0 Å². The Labute approximate surface area is 123 Å². The molecule has 1 aromatic carbocycles. The molecule has 2 rings (SSSR count). The van der Waals surface area contributed by atoms with Gasteiger partial charge in [-0.25, -0.2) is 4.39 Å². The fourth-order valence-electron chi connectivity index (χ4n) is 2.91. The molecule has 0 bridgehead atoms. The highest BCUT2D eigenvalue weighted by atomic mass is 19.1. The van der Waals surface area contributed by atoms with Gasteiger partial charge in [0.15, 0.2) is 0 Å². The number of rotatable bonds is 4. The molecule has 1 saturated heterocycles. The average Bonchev–Trinajstić information content (AvgIpc) is 2.46. The molecule has 0 unspecified atom stereocenters. The van der Waals surface area contributed by atoms with Gasteiger partial charge in [0.05, 0.1) is 5.92 Å². The second kappa shape index (κ2) is 6.70. The van der Waals surface area contributed by atoms with Gasteiger partial charge in [0.25, 0.3) is 0 Å². The first-order valence-electron chi connectivity index (χ1n) is 7.26. The van der Waals surface area contributed by atoms with Gasteiger partial charge in [-0.3, -0.25) is 9.59 Å². The number of aryl methyl sites for hydroxylation is 1. The van der Waals surface area contributed by atoms with Crippen molar-refractivity contribution >= 4 is 11.9 Å². The summed E-state index contributed by atoms with van der Waals surface area (Å²) in [6.45, 7) is 2.36. The number of aliphatic carboxylic acids is 1. The van der Waals surface area contributed by atoms with Crippen molar-refractivity contribution in [2.45, 2.75) is 38.6 Å². The van der Waals surface area contributed by atoms with E-state index in [-0.39, 0.29) is 24.2 Å². The lowest BCUT2D eigenvalue weighted by Crippen LogP contribution is -2.49.